The fourth-order valence-electron chi connectivity index (χ4n) is 2.57. The van der Waals surface area contributed by atoms with Crippen LogP contribution in [0, 0.1) is 0 Å². The first-order valence-electron chi connectivity index (χ1n) is 7.40. The topological polar surface area (TPSA) is 46.6 Å². The maximum atomic E-state index is 12.5. The molecule has 0 N–H and O–H groups in total. The minimum atomic E-state index is -0.248. The molecular formula is C19H17NO3. The van der Waals surface area contributed by atoms with E-state index in [-0.39, 0.29) is 11.8 Å². The van der Waals surface area contributed by atoms with Gasteiger partial charge in [0.2, 0.25) is 0 Å². The van der Waals surface area contributed by atoms with E-state index in [9.17, 15) is 9.59 Å². The average molecular weight is 307 g/mol. The standard InChI is InChI=1S/C19H17NO3/c1-23-17-9-7-14(8-10-17)11-16-12-18(21)20(19(16)22)13-15-5-3-2-4-6-15/h2-10,12H,11,13H2,1H3. The lowest BCUT2D eigenvalue weighted by molar-refractivity contribution is -0.137. The first kappa shape index (κ1) is 15.0. The maximum absolute atomic E-state index is 12.5. The van der Waals surface area contributed by atoms with Gasteiger partial charge in [0, 0.05) is 18.1 Å². The highest BCUT2D eigenvalue weighted by molar-refractivity contribution is 6.16. The summed E-state index contributed by atoms with van der Waals surface area (Å²) in [6.07, 6.45) is 1.88. The molecule has 0 saturated carbocycles. The molecule has 2 aromatic carbocycles. The number of ether oxygens (including phenoxy) is 1. The molecule has 23 heavy (non-hydrogen) atoms. The molecule has 1 aliphatic heterocycles. The highest BCUT2D eigenvalue weighted by Crippen LogP contribution is 2.21. The van der Waals surface area contributed by atoms with Crippen molar-refractivity contribution in [3.8, 4) is 5.75 Å². The Hall–Kier alpha value is -2.88. The third kappa shape index (κ3) is 3.31. The van der Waals surface area contributed by atoms with E-state index in [4.69, 9.17) is 4.74 Å². The first-order chi connectivity index (χ1) is 11.2. The fraction of sp³-hybridized carbons (Fsp3) is 0.158. The van der Waals surface area contributed by atoms with E-state index in [0.717, 1.165) is 16.9 Å². The van der Waals surface area contributed by atoms with Crippen LogP contribution in [0.2, 0.25) is 0 Å². The molecule has 116 valence electrons. The average Bonchev–Trinajstić information content (AvgIpc) is 2.84. The van der Waals surface area contributed by atoms with Crippen LogP contribution in [0.25, 0.3) is 0 Å². The van der Waals surface area contributed by atoms with Crippen LogP contribution in [-0.4, -0.2) is 23.8 Å². The molecule has 2 aromatic rings. The monoisotopic (exact) mass is 307 g/mol. The molecule has 0 bridgehead atoms. The van der Waals surface area contributed by atoms with Crippen LogP contribution in [0.15, 0.2) is 66.2 Å². The number of carbonyl (C=O) groups is 2. The van der Waals surface area contributed by atoms with Crippen molar-refractivity contribution in [3.05, 3.63) is 77.4 Å². The van der Waals surface area contributed by atoms with Crippen molar-refractivity contribution in [3.63, 3.8) is 0 Å². The quantitative estimate of drug-likeness (QED) is 0.798. The molecule has 3 rings (SSSR count). The molecule has 0 aliphatic carbocycles. The number of nitrogens with zero attached hydrogens (tertiary/aromatic N) is 1. The molecule has 0 radical (unpaired) electrons. The number of amides is 2. The van der Waals surface area contributed by atoms with Crippen molar-refractivity contribution in [1.82, 2.24) is 4.90 Å². The summed E-state index contributed by atoms with van der Waals surface area (Å²) in [6, 6.07) is 17.0. The van der Waals surface area contributed by atoms with Crippen LogP contribution in [-0.2, 0) is 22.6 Å². The summed E-state index contributed by atoms with van der Waals surface area (Å²) >= 11 is 0. The van der Waals surface area contributed by atoms with E-state index < -0.39 is 0 Å². The van der Waals surface area contributed by atoms with E-state index >= 15 is 0 Å². The summed E-state index contributed by atoms with van der Waals surface area (Å²) in [7, 11) is 1.61. The summed E-state index contributed by atoms with van der Waals surface area (Å²) in [5.41, 5.74) is 2.43. The van der Waals surface area contributed by atoms with Crippen molar-refractivity contribution in [2.45, 2.75) is 13.0 Å². The molecule has 0 spiro atoms. The number of hydrogen-bond donors (Lipinski definition) is 0. The maximum Gasteiger partial charge on any atom is 0.257 e. The highest BCUT2D eigenvalue weighted by atomic mass is 16.5. The largest absolute Gasteiger partial charge is 0.497 e. The second-order valence-corrected chi connectivity index (χ2v) is 5.41. The van der Waals surface area contributed by atoms with Gasteiger partial charge in [-0.2, -0.15) is 0 Å². The van der Waals surface area contributed by atoms with Gasteiger partial charge in [-0.15, -0.1) is 0 Å². The zero-order chi connectivity index (χ0) is 16.2. The molecule has 2 amide bonds. The molecule has 0 fully saturated rings. The molecular weight excluding hydrogens is 290 g/mol. The molecule has 0 saturated heterocycles. The Balaban J connectivity index is 1.70. The van der Waals surface area contributed by atoms with Crippen LogP contribution < -0.4 is 4.74 Å². The second kappa shape index (κ2) is 6.48. The lowest BCUT2D eigenvalue weighted by Crippen LogP contribution is -2.30. The molecule has 1 heterocycles. The summed E-state index contributed by atoms with van der Waals surface area (Å²) in [5, 5.41) is 0. The Bertz CT molecular complexity index is 748. The number of hydrogen-bond acceptors (Lipinski definition) is 3. The smallest absolute Gasteiger partial charge is 0.257 e. The highest BCUT2D eigenvalue weighted by Gasteiger charge is 2.30. The molecule has 4 nitrogen and oxygen atoms in total. The molecule has 0 aromatic heterocycles. The van der Waals surface area contributed by atoms with Gasteiger partial charge in [-0.25, -0.2) is 0 Å². The predicted molar refractivity (Wildman–Crippen MR) is 86.8 cm³/mol. The number of methoxy groups -OCH3 is 1. The minimum Gasteiger partial charge on any atom is -0.497 e. The van der Waals surface area contributed by atoms with Crippen molar-refractivity contribution in [1.29, 1.82) is 0 Å². The first-order valence-corrected chi connectivity index (χ1v) is 7.40. The van der Waals surface area contributed by atoms with Gasteiger partial charge in [0.15, 0.2) is 0 Å². The molecule has 0 atom stereocenters. The van der Waals surface area contributed by atoms with Gasteiger partial charge in [-0.3, -0.25) is 14.5 Å². The third-order valence-corrected chi connectivity index (χ3v) is 3.82. The van der Waals surface area contributed by atoms with Gasteiger partial charge in [0.25, 0.3) is 11.8 Å². The van der Waals surface area contributed by atoms with Gasteiger partial charge < -0.3 is 4.74 Å². The normalized spacial score (nSPS) is 14.1. The molecule has 1 aliphatic rings. The zero-order valence-corrected chi connectivity index (χ0v) is 12.9. The van der Waals surface area contributed by atoms with E-state index in [1.165, 1.54) is 11.0 Å². The van der Waals surface area contributed by atoms with Gasteiger partial charge in [0.05, 0.1) is 13.7 Å². The lowest BCUT2D eigenvalue weighted by atomic mass is 10.1. The van der Waals surface area contributed by atoms with Gasteiger partial charge in [0.1, 0.15) is 5.75 Å². The SMILES string of the molecule is COc1ccc(CC2=CC(=O)N(Cc3ccccc3)C2=O)cc1. The van der Waals surface area contributed by atoms with Crippen LogP contribution in [0.5, 0.6) is 5.75 Å². The number of carbonyl (C=O) groups excluding carboxylic acids is 2. The van der Waals surface area contributed by atoms with Crippen molar-refractivity contribution in [2.24, 2.45) is 0 Å². The Labute approximate surface area is 135 Å². The van der Waals surface area contributed by atoms with E-state index in [0.29, 0.717) is 18.5 Å². The van der Waals surface area contributed by atoms with E-state index in [2.05, 4.69) is 0 Å². The Morgan fingerprint density at radius 1 is 0.913 bits per heavy atom. The van der Waals surface area contributed by atoms with Gasteiger partial charge in [-0.1, -0.05) is 42.5 Å². The van der Waals surface area contributed by atoms with Gasteiger partial charge >= 0.3 is 0 Å². The lowest BCUT2D eigenvalue weighted by Gasteiger charge is -2.15. The predicted octanol–water partition coefficient (Wildman–Crippen LogP) is 2.73. The summed E-state index contributed by atoms with van der Waals surface area (Å²) in [5.74, 6) is 0.305. The summed E-state index contributed by atoms with van der Waals surface area (Å²) in [6.45, 7) is 0.307. The number of imide groups is 1. The third-order valence-electron chi connectivity index (χ3n) is 3.82. The Morgan fingerprint density at radius 3 is 2.26 bits per heavy atom. The Morgan fingerprint density at radius 2 is 1.61 bits per heavy atom. The van der Waals surface area contributed by atoms with E-state index in [1.807, 2.05) is 54.6 Å². The van der Waals surface area contributed by atoms with Crippen molar-refractivity contribution < 1.29 is 14.3 Å². The second-order valence-electron chi connectivity index (χ2n) is 5.41. The minimum absolute atomic E-state index is 0.213. The number of benzene rings is 2. The van der Waals surface area contributed by atoms with Crippen LogP contribution in [0.1, 0.15) is 11.1 Å². The molecule has 0 unspecified atom stereocenters. The van der Waals surface area contributed by atoms with Crippen LogP contribution in [0.4, 0.5) is 0 Å². The van der Waals surface area contributed by atoms with Crippen molar-refractivity contribution >= 4 is 11.8 Å². The zero-order valence-electron chi connectivity index (χ0n) is 12.9. The summed E-state index contributed by atoms with van der Waals surface area (Å²) in [4.78, 5) is 25.8. The van der Waals surface area contributed by atoms with Crippen LogP contribution >= 0.6 is 0 Å². The van der Waals surface area contributed by atoms with E-state index in [1.54, 1.807) is 7.11 Å². The number of rotatable bonds is 5. The summed E-state index contributed by atoms with van der Waals surface area (Å²) < 4.78 is 5.12. The van der Waals surface area contributed by atoms with Crippen LogP contribution in [0.3, 0.4) is 0 Å². The van der Waals surface area contributed by atoms with Gasteiger partial charge in [-0.05, 0) is 23.3 Å². The van der Waals surface area contributed by atoms with Crippen molar-refractivity contribution in [2.75, 3.05) is 7.11 Å². The fourth-order valence-corrected chi connectivity index (χ4v) is 2.57. The Kier molecular flexibility index (Phi) is 4.24. The molecule has 4 heteroatoms.